The number of carbonyl (C=O) groups is 1. The summed E-state index contributed by atoms with van der Waals surface area (Å²) in [6, 6.07) is 20.1. The van der Waals surface area contributed by atoms with Crippen molar-refractivity contribution in [3.05, 3.63) is 106 Å². The molecule has 0 spiro atoms. The molecular formula is C32H31NO3. The number of ether oxygens (including phenoxy) is 2. The molecule has 0 N–H and O–H groups in total. The van der Waals surface area contributed by atoms with Crippen LogP contribution in [0.4, 0.5) is 0 Å². The summed E-state index contributed by atoms with van der Waals surface area (Å²) in [5.41, 5.74) is 7.48. The van der Waals surface area contributed by atoms with Gasteiger partial charge in [-0.25, -0.2) is 4.79 Å². The molecule has 4 rings (SSSR count). The third-order valence-electron chi connectivity index (χ3n) is 6.67. The van der Waals surface area contributed by atoms with Crippen LogP contribution in [-0.4, -0.2) is 31.4 Å². The van der Waals surface area contributed by atoms with E-state index in [2.05, 4.69) is 24.1 Å². The van der Waals surface area contributed by atoms with Crippen LogP contribution in [0.2, 0.25) is 0 Å². The second-order valence-corrected chi connectivity index (χ2v) is 8.97. The molecule has 0 bridgehead atoms. The number of aryl methyl sites for hydroxylation is 1. The minimum Gasteiger partial charge on any atom is -0.488 e. The van der Waals surface area contributed by atoms with E-state index >= 15 is 0 Å². The highest BCUT2D eigenvalue weighted by Crippen LogP contribution is 2.41. The fourth-order valence-electron chi connectivity index (χ4n) is 4.78. The van der Waals surface area contributed by atoms with Gasteiger partial charge in [-0.3, -0.25) is 4.99 Å². The van der Waals surface area contributed by atoms with Crippen molar-refractivity contribution in [1.82, 2.24) is 0 Å². The number of para-hydroxylation sites is 1. The number of nitrogens with zero attached hydrogens (tertiary/aromatic N) is 1. The van der Waals surface area contributed by atoms with Gasteiger partial charge in [-0.2, -0.15) is 0 Å². The van der Waals surface area contributed by atoms with Gasteiger partial charge < -0.3 is 9.47 Å². The largest absolute Gasteiger partial charge is 0.488 e. The number of esters is 1. The van der Waals surface area contributed by atoms with Gasteiger partial charge in [0.1, 0.15) is 11.9 Å². The number of benzene rings is 3. The molecule has 0 saturated carbocycles. The minimum absolute atomic E-state index is 0.0859. The number of allylic oxidation sites excluding steroid dienone is 1. The van der Waals surface area contributed by atoms with Crippen LogP contribution in [0.25, 0.3) is 6.08 Å². The molecule has 0 aromatic heterocycles. The van der Waals surface area contributed by atoms with Gasteiger partial charge in [-0.05, 0) is 62.1 Å². The highest BCUT2D eigenvalue weighted by molar-refractivity contribution is 6.02. The zero-order valence-electron chi connectivity index (χ0n) is 21.2. The van der Waals surface area contributed by atoms with Crippen molar-refractivity contribution in [2.24, 2.45) is 4.99 Å². The van der Waals surface area contributed by atoms with Crippen LogP contribution in [0, 0.1) is 19.3 Å². The molecule has 3 aromatic carbocycles. The number of fused-ring (bicyclic) bond motifs is 1. The fourth-order valence-corrected chi connectivity index (χ4v) is 4.78. The predicted octanol–water partition coefficient (Wildman–Crippen LogP) is 6.59. The van der Waals surface area contributed by atoms with Crippen LogP contribution < -0.4 is 4.74 Å². The molecule has 1 unspecified atom stereocenters. The van der Waals surface area contributed by atoms with Crippen molar-refractivity contribution < 1.29 is 14.3 Å². The van der Waals surface area contributed by atoms with E-state index in [0.717, 1.165) is 51.3 Å². The van der Waals surface area contributed by atoms with Crippen molar-refractivity contribution >= 4 is 17.8 Å². The van der Waals surface area contributed by atoms with Crippen molar-refractivity contribution in [2.75, 3.05) is 13.7 Å². The molecule has 0 saturated heterocycles. The van der Waals surface area contributed by atoms with E-state index in [4.69, 9.17) is 20.9 Å². The Morgan fingerprint density at radius 3 is 2.72 bits per heavy atom. The van der Waals surface area contributed by atoms with Crippen LogP contribution in [0.1, 0.15) is 69.9 Å². The Bertz CT molecular complexity index is 1380. The summed E-state index contributed by atoms with van der Waals surface area (Å²) in [7, 11) is 1.41. The highest BCUT2D eigenvalue weighted by Gasteiger charge is 2.30. The average molecular weight is 478 g/mol. The van der Waals surface area contributed by atoms with Gasteiger partial charge >= 0.3 is 5.97 Å². The van der Waals surface area contributed by atoms with E-state index in [0.29, 0.717) is 12.1 Å². The van der Waals surface area contributed by atoms with E-state index in [1.54, 1.807) is 0 Å². The Kier molecular flexibility index (Phi) is 7.71. The van der Waals surface area contributed by atoms with Gasteiger partial charge in [-0.1, -0.05) is 60.5 Å². The zero-order valence-corrected chi connectivity index (χ0v) is 21.2. The number of rotatable bonds is 6. The highest BCUT2D eigenvalue weighted by atomic mass is 16.5. The number of hydrogen-bond donors (Lipinski definition) is 0. The van der Waals surface area contributed by atoms with Gasteiger partial charge in [0.25, 0.3) is 0 Å². The van der Waals surface area contributed by atoms with Gasteiger partial charge in [0.05, 0.1) is 19.2 Å². The Hall–Kier alpha value is -4.10. The second kappa shape index (κ2) is 11.1. The van der Waals surface area contributed by atoms with Crippen LogP contribution in [0.5, 0.6) is 5.75 Å². The molecule has 3 aromatic rings. The first-order valence-corrected chi connectivity index (χ1v) is 12.1. The van der Waals surface area contributed by atoms with Crippen LogP contribution in [0.15, 0.2) is 71.7 Å². The smallest absolute Gasteiger partial charge is 0.338 e. The Balaban J connectivity index is 1.65. The Labute approximate surface area is 213 Å². The molecule has 4 heteroatoms. The van der Waals surface area contributed by atoms with Gasteiger partial charge in [0.15, 0.2) is 0 Å². The Morgan fingerprint density at radius 2 is 1.97 bits per heavy atom. The quantitative estimate of drug-likeness (QED) is 0.229. The summed E-state index contributed by atoms with van der Waals surface area (Å²) >= 11 is 0. The molecule has 0 radical (unpaired) electrons. The zero-order chi connectivity index (χ0) is 25.7. The molecule has 4 nitrogen and oxygen atoms in total. The average Bonchev–Trinajstić information content (AvgIpc) is 2.91. The maximum atomic E-state index is 12.3. The normalized spacial score (nSPS) is 17.2. The number of aliphatic imine (C=N–C) groups is 1. The van der Waals surface area contributed by atoms with Gasteiger partial charge in [0.2, 0.25) is 0 Å². The molecule has 0 fully saturated rings. The number of hydrogen-bond acceptors (Lipinski definition) is 4. The predicted molar refractivity (Wildman–Crippen MR) is 146 cm³/mol. The third kappa shape index (κ3) is 5.11. The molecule has 0 amide bonds. The van der Waals surface area contributed by atoms with E-state index in [1.807, 2.05) is 75.4 Å². The van der Waals surface area contributed by atoms with Crippen LogP contribution in [0.3, 0.4) is 0 Å². The minimum atomic E-state index is -0.322. The maximum absolute atomic E-state index is 12.3. The Morgan fingerprint density at radius 1 is 1.17 bits per heavy atom. The number of methoxy groups -OCH3 is 1. The summed E-state index contributed by atoms with van der Waals surface area (Å²) in [6.07, 6.45) is 10.4. The summed E-state index contributed by atoms with van der Waals surface area (Å²) in [4.78, 5) is 17.3. The number of terminal acetylenes is 1. The summed E-state index contributed by atoms with van der Waals surface area (Å²) in [5, 5.41) is 0. The molecule has 2 atom stereocenters. The molecule has 36 heavy (non-hydrogen) atoms. The molecule has 1 heterocycles. The molecule has 0 aliphatic carbocycles. The SMILES string of the molecule is C#Cc1cccc(/C(C)=N/C[C@H]2CC(c3ccc(C)c(C(=O)OC)c3)c3ccccc3O2)c1/C=C\C. The van der Waals surface area contributed by atoms with Crippen LogP contribution >= 0.6 is 0 Å². The first kappa shape index (κ1) is 25.0. The third-order valence-corrected chi connectivity index (χ3v) is 6.67. The van der Waals surface area contributed by atoms with Crippen molar-refractivity contribution in [2.45, 2.75) is 39.2 Å². The summed E-state index contributed by atoms with van der Waals surface area (Å²) < 4.78 is 11.4. The molecule has 1 aliphatic rings. The second-order valence-electron chi connectivity index (χ2n) is 8.97. The first-order valence-electron chi connectivity index (χ1n) is 12.1. The molecular weight excluding hydrogens is 446 g/mol. The standard InChI is InChI=1S/C32H31NO3/c1-6-11-27-23(7-2)12-10-14-26(27)22(4)33-20-25-19-30(28-13-8-9-15-31(28)36-25)24-17-16-21(3)29(18-24)32(34)35-5/h2,6,8-18,25,30H,19-20H2,1,3-5H3/b11-6-,33-22+/t25-,30?/m1/s1. The topological polar surface area (TPSA) is 47.9 Å². The summed E-state index contributed by atoms with van der Waals surface area (Å²) in [6.45, 7) is 6.43. The summed E-state index contributed by atoms with van der Waals surface area (Å²) in [5.74, 6) is 3.39. The molecule has 1 aliphatic heterocycles. The first-order chi connectivity index (χ1) is 17.5. The lowest BCUT2D eigenvalue weighted by Gasteiger charge is -2.32. The van der Waals surface area contributed by atoms with Crippen LogP contribution in [-0.2, 0) is 4.74 Å². The van der Waals surface area contributed by atoms with Crippen molar-refractivity contribution in [3.8, 4) is 18.1 Å². The van der Waals surface area contributed by atoms with Crippen molar-refractivity contribution in [1.29, 1.82) is 0 Å². The lowest BCUT2D eigenvalue weighted by Crippen LogP contribution is -2.29. The lowest BCUT2D eigenvalue weighted by molar-refractivity contribution is 0.0599. The monoisotopic (exact) mass is 477 g/mol. The lowest BCUT2D eigenvalue weighted by atomic mass is 9.83. The van der Waals surface area contributed by atoms with E-state index < -0.39 is 0 Å². The van der Waals surface area contributed by atoms with E-state index in [-0.39, 0.29) is 18.0 Å². The number of carbonyl (C=O) groups excluding carboxylic acids is 1. The molecule has 182 valence electrons. The van der Waals surface area contributed by atoms with Gasteiger partial charge in [0, 0.05) is 28.3 Å². The van der Waals surface area contributed by atoms with Crippen molar-refractivity contribution in [3.63, 3.8) is 0 Å². The van der Waals surface area contributed by atoms with Gasteiger partial charge in [-0.15, -0.1) is 6.42 Å². The van der Waals surface area contributed by atoms with E-state index in [1.165, 1.54) is 7.11 Å². The maximum Gasteiger partial charge on any atom is 0.338 e. The van der Waals surface area contributed by atoms with E-state index in [9.17, 15) is 4.79 Å². The fraction of sp³-hybridized carbons (Fsp3) is 0.250.